The van der Waals surface area contributed by atoms with E-state index >= 15 is 0 Å². The third kappa shape index (κ3) is 4.23. The Morgan fingerprint density at radius 1 is 1.04 bits per heavy atom. The van der Waals surface area contributed by atoms with E-state index in [0.29, 0.717) is 11.3 Å². The van der Waals surface area contributed by atoms with Crippen molar-refractivity contribution in [2.24, 2.45) is 0 Å². The zero-order valence-electron chi connectivity index (χ0n) is 13.1. The third-order valence-corrected chi connectivity index (χ3v) is 4.26. The van der Waals surface area contributed by atoms with Crippen molar-refractivity contribution in [3.05, 3.63) is 27.2 Å². The largest absolute Gasteiger partial charge is 0.334 e. The molecule has 134 valence electrons. The number of amides is 5. The number of imide groups is 2. The Morgan fingerprint density at radius 3 is 2.16 bits per heavy atom. The fourth-order valence-corrected chi connectivity index (χ4v) is 3.10. The minimum absolute atomic E-state index is 0.102. The number of carbonyl (C=O) groups excluding carboxylic acids is 4. The van der Waals surface area contributed by atoms with Crippen molar-refractivity contribution in [2.45, 2.75) is 19.8 Å². The second kappa shape index (κ2) is 8.03. The van der Waals surface area contributed by atoms with E-state index < -0.39 is 30.3 Å². The third-order valence-electron chi connectivity index (χ3n) is 3.44. The first kappa shape index (κ1) is 19.5. The van der Waals surface area contributed by atoms with Crippen molar-refractivity contribution < 1.29 is 19.2 Å². The van der Waals surface area contributed by atoms with Gasteiger partial charge in [-0.05, 0) is 18.6 Å². The monoisotopic (exact) mass is 405 g/mol. The van der Waals surface area contributed by atoms with Crippen LogP contribution in [0.2, 0.25) is 15.1 Å². The maximum Gasteiger partial charge on any atom is 0.334 e. The molecule has 0 atom stereocenters. The van der Waals surface area contributed by atoms with Crippen LogP contribution in [0, 0.1) is 0 Å². The fraction of sp³-hybridized carbons (Fsp3) is 0.333. The first-order valence-corrected chi connectivity index (χ1v) is 8.51. The van der Waals surface area contributed by atoms with E-state index in [1.165, 1.54) is 12.1 Å². The Hall–Kier alpha value is -1.83. The summed E-state index contributed by atoms with van der Waals surface area (Å²) in [5, 5.41) is 2.90. The molecule has 10 heteroatoms. The molecular weight excluding hydrogens is 393 g/mol. The van der Waals surface area contributed by atoms with Gasteiger partial charge in [-0.1, -0.05) is 48.1 Å². The topological polar surface area (TPSA) is 86.8 Å². The molecule has 0 saturated carbocycles. The van der Waals surface area contributed by atoms with E-state index in [2.05, 4.69) is 5.32 Å². The highest BCUT2D eigenvalue weighted by molar-refractivity contribution is 6.45. The molecule has 0 unspecified atom stereocenters. The summed E-state index contributed by atoms with van der Waals surface area (Å²) in [6, 6.07) is 1.95. The average Bonchev–Trinajstić information content (AvgIpc) is 2.73. The van der Waals surface area contributed by atoms with Crippen LogP contribution in [0.4, 0.5) is 10.5 Å². The molecule has 2 rings (SSSR count). The second-order valence-electron chi connectivity index (χ2n) is 5.28. The summed E-state index contributed by atoms with van der Waals surface area (Å²) < 4.78 is 0. The zero-order valence-corrected chi connectivity index (χ0v) is 15.4. The first-order valence-electron chi connectivity index (χ1n) is 7.38. The van der Waals surface area contributed by atoms with Crippen LogP contribution in [0.25, 0.3) is 0 Å². The van der Waals surface area contributed by atoms with Crippen molar-refractivity contribution in [3.8, 4) is 0 Å². The molecule has 7 nitrogen and oxygen atoms in total. The lowest BCUT2D eigenvalue weighted by Gasteiger charge is -2.15. The van der Waals surface area contributed by atoms with Crippen LogP contribution in [0.1, 0.15) is 19.8 Å². The summed E-state index contributed by atoms with van der Waals surface area (Å²) in [7, 11) is 0. The molecule has 1 saturated heterocycles. The number of anilines is 1. The summed E-state index contributed by atoms with van der Waals surface area (Å²) in [5.74, 6) is -2.70. The number of benzene rings is 1. The molecule has 0 spiro atoms. The van der Waals surface area contributed by atoms with Crippen molar-refractivity contribution in [1.82, 2.24) is 9.80 Å². The number of carbonyl (C=O) groups is 4. The van der Waals surface area contributed by atoms with E-state index in [-0.39, 0.29) is 27.3 Å². The minimum Gasteiger partial charge on any atom is -0.322 e. The van der Waals surface area contributed by atoms with Gasteiger partial charge in [-0.25, -0.2) is 9.69 Å². The normalized spacial score (nSPS) is 14.5. The Kier molecular flexibility index (Phi) is 6.26. The number of hydrogen-bond acceptors (Lipinski definition) is 4. The van der Waals surface area contributed by atoms with Crippen LogP contribution < -0.4 is 5.32 Å². The summed E-state index contributed by atoms with van der Waals surface area (Å²) >= 11 is 17.7. The number of rotatable bonds is 6. The molecule has 1 aromatic rings. The molecule has 25 heavy (non-hydrogen) atoms. The number of hydrogen-bond donors (Lipinski definition) is 1. The lowest BCUT2D eigenvalue weighted by Crippen LogP contribution is -2.39. The number of unbranched alkanes of at least 4 members (excludes halogenated alkanes) is 1. The quantitative estimate of drug-likeness (QED) is 0.580. The highest BCUT2D eigenvalue weighted by Crippen LogP contribution is 2.33. The Labute approximate surface area is 158 Å². The molecule has 0 bridgehead atoms. The highest BCUT2D eigenvalue weighted by Gasteiger charge is 2.44. The second-order valence-corrected chi connectivity index (χ2v) is 6.53. The predicted octanol–water partition coefficient (Wildman–Crippen LogP) is 3.18. The molecule has 1 fully saturated rings. The van der Waals surface area contributed by atoms with Crippen LogP contribution in [-0.4, -0.2) is 46.6 Å². The van der Waals surface area contributed by atoms with Gasteiger partial charge >= 0.3 is 17.8 Å². The summed E-state index contributed by atoms with van der Waals surface area (Å²) in [5.41, 5.74) is 0.103. The van der Waals surface area contributed by atoms with Crippen molar-refractivity contribution in [2.75, 3.05) is 18.4 Å². The van der Waals surface area contributed by atoms with E-state index in [1.54, 1.807) is 0 Å². The van der Waals surface area contributed by atoms with Gasteiger partial charge < -0.3 is 5.32 Å². The number of nitrogens with one attached hydrogen (secondary N) is 1. The molecule has 0 aromatic heterocycles. The Morgan fingerprint density at radius 2 is 1.60 bits per heavy atom. The van der Waals surface area contributed by atoms with Crippen LogP contribution in [0.3, 0.4) is 0 Å². The molecule has 1 aliphatic rings. The Bertz CT molecular complexity index is 731. The van der Waals surface area contributed by atoms with E-state index in [4.69, 9.17) is 34.8 Å². The molecule has 5 amide bonds. The van der Waals surface area contributed by atoms with Crippen molar-refractivity contribution in [3.63, 3.8) is 0 Å². The number of nitrogens with zero attached hydrogens (tertiary/aromatic N) is 2. The average molecular weight is 407 g/mol. The van der Waals surface area contributed by atoms with Crippen LogP contribution in [0.5, 0.6) is 0 Å². The van der Waals surface area contributed by atoms with Gasteiger partial charge in [-0.2, -0.15) is 0 Å². The van der Waals surface area contributed by atoms with Crippen molar-refractivity contribution >= 4 is 64.2 Å². The van der Waals surface area contributed by atoms with Crippen LogP contribution >= 0.6 is 34.8 Å². The van der Waals surface area contributed by atoms with Gasteiger partial charge in [0.05, 0.1) is 15.7 Å². The lowest BCUT2D eigenvalue weighted by molar-refractivity contribution is -0.143. The smallest absolute Gasteiger partial charge is 0.322 e. The van der Waals surface area contributed by atoms with Crippen LogP contribution in [0.15, 0.2) is 12.1 Å². The summed E-state index contributed by atoms with van der Waals surface area (Å²) in [6.07, 6.45) is 1.32. The van der Waals surface area contributed by atoms with E-state index in [1.807, 2.05) is 6.92 Å². The molecule has 1 N–H and O–H groups in total. The van der Waals surface area contributed by atoms with E-state index in [9.17, 15) is 19.2 Å². The summed E-state index contributed by atoms with van der Waals surface area (Å²) in [4.78, 5) is 49.5. The van der Waals surface area contributed by atoms with E-state index in [0.717, 1.165) is 11.3 Å². The number of urea groups is 1. The van der Waals surface area contributed by atoms with Crippen molar-refractivity contribution in [1.29, 1.82) is 0 Å². The van der Waals surface area contributed by atoms with Crippen LogP contribution in [-0.2, 0) is 14.4 Å². The number of halogens is 3. The first-order chi connectivity index (χ1) is 11.8. The predicted molar refractivity (Wildman–Crippen MR) is 93.8 cm³/mol. The molecular formula is C15H14Cl3N3O4. The van der Waals surface area contributed by atoms with Gasteiger partial charge in [0.25, 0.3) is 0 Å². The highest BCUT2D eigenvalue weighted by atomic mass is 35.5. The molecule has 1 aromatic carbocycles. The maximum absolute atomic E-state index is 12.2. The van der Waals surface area contributed by atoms with Gasteiger partial charge in [-0.3, -0.25) is 19.3 Å². The zero-order chi connectivity index (χ0) is 18.7. The van der Waals surface area contributed by atoms with Gasteiger partial charge in [0.1, 0.15) is 6.54 Å². The fourth-order valence-electron chi connectivity index (χ4n) is 2.19. The van der Waals surface area contributed by atoms with Gasteiger partial charge in [0.2, 0.25) is 5.91 Å². The SMILES string of the molecule is CCCCN1C(=O)C(=O)N(CC(=O)Nc2c(Cl)cc(Cl)cc2Cl)C1=O. The van der Waals surface area contributed by atoms with Gasteiger partial charge in [0.15, 0.2) is 0 Å². The minimum atomic E-state index is -1.04. The van der Waals surface area contributed by atoms with Gasteiger partial charge in [-0.15, -0.1) is 0 Å². The molecule has 0 radical (unpaired) electrons. The lowest BCUT2D eigenvalue weighted by atomic mass is 10.3. The molecule has 1 aliphatic heterocycles. The molecule has 1 heterocycles. The molecule has 0 aliphatic carbocycles. The maximum atomic E-state index is 12.2. The Balaban J connectivity index is 2.09. The standard InChI is InChI=1S/C15H14Cl3N3O4/c1-2-3-4-20-13(23)14(24)21(15(20)25)7-11(22)19-12-9(17)5-8(16)6-10(12)18/h5-6H,2-4,7H2,1H3,(H,19,22). The summed E-state index contributed by atoms with van der Waals surface area (Å²) in [6.45, 7) is 1.39. The van der Waals surface area contributed by atoms with Gasteiger partial charge in [0, 0.05) is 11.6 Å².